The van der Waals surface area contributed by atoms with Gasteiger partial charge in [0.2, 0.25) is 5.91 Å². The van der Waals surface area contributed by atoms with Gasteiger partial charge in [0.1, 0.15) is 12.1 Å². The highest BCUT2D eigenvalue weighted by Gasteiger charge is 2.17. The van der Waals surface area contributed by atoms with Crippen LogP contribution in [0, 0.1) is 0 Å². The van der Waals surface area contributed by atoms with Gasteiger partial charge in [-0.1, -0.05) is 28.1 Å². The lowest BCUT2D eigenvalue weighted by molar-refractivity contribution is -0.129. The van der Waals surface area contributed by atoms with E-state index in [1.165, 1.54) is 0 Å². The molecule has 6 heteroatoms. The van der Waals surface area contributed by atoms with E-state index in [1.54, 1.807) is 32.7 Å². The molecule has 1 N–H and O–H groups in total. The van der Waals surface area contributed by atoms with Gasteiger partial charge in [-0.25, -0.2) is 4.79 Å². The lowest BCUT2D eigenvalue weighted by atomic mass is 10.2. The third-order valence-electron chi connectivity index (χ3n) is 2.52. The Bertz CT molecular complexity index is 512. The van der Waals surface area contributed by atoms with Crippen molar-refractivity contribution in [2.75, 3.05) is 13.6 Å². The summed E-state index contributed by atoms with van der Waals surface area (Å²) < 4.78 is 6.04. The van der Waals surface area contributed by atoms with E-state index in [9.17, 15) is 9.59 Å². The molecule has 5 nitrogen and oxygen atoms in total. The maximum atomic E-state index is 11.9. The Hall–Kier alpha value is -1.56. The first kappa shape index (κ1) is 17.5. The number of nitrogens with zero attached hydrogens (tertiary/aromatic N) is 1. The number of halogens is 1. The number of nitrogens with one attached hydrogen (secondary N) is 1. The summed E-state index contributed by atoms with van der Waals surface area (Å²) in [7, 11) is 1.69. The highest BCUT2D eigenvalue weighted by Crippen LogP contribution is 2.13. The van der Waals surface area contributed by atoms with Gasteiger partial charge in [0.05, 0.1) is 0 Å². The smallest absolute Gasteiger partial charge is 0.408 e. The summed E-state index contributed by atoms with van der Waals surface area (Å²) >= 11 is 3.39. The Kier molecular flexibility index (Phi) is 6.20. The zero-order valence-electron chi connectivity index (χ0n) is 12.8. The number of alkyl carbamates (subject to hydrolysis) is 1. The first-order valence-electron chi connectivity index (χ1n) is 6.62. The zero-order chi connectivity index (χ0) is 16.0. The summed E-state index contributed by atoms with van der Waals surface area (Å²) in [6.07, 6.45) is -0.591. The zero-order valence-corrected chi connectivity index (χ0v) is 14.4. The third kappa shape index (κ3) is 7.13. The van der Waals surface area contributed by atoms with E-state index >= 15 is 0 Å². The SMILES string of the molecule is CN(Cc1cccc(Br)c1)C(=O)CNC(=O)OC(C)(C)C. The third-order valence-corrected chi connectivity index (χ3v) is 3.01. The number of hydrogen-bond acceptors (Lipinski definition) is 3. The molecular formula is C15H21BrN2O3. The summed E-state index contributed by atoms with van der Waals surface area (Å²) in [5, 5.41) is 2.46. The van der Waals surface area contributed by atoms with Crippen LogP contribution in [0.4, 0.5) is 4.79 Å². The first-order valence-corrected chi connectivity index (χ1v) is 7.42. The fraction of sp³-hybridized carbons (Fsp3) is 0.467. The Labute approximate surface area is 133 Å². The Morgan fingerprint density at radius 3 is 2.57 bits per heavy atom. The molecule has 0 aromatic heterocycles. The van der Waals surface area contributed by atoms with Crippen LogP contribution in [0.25, 0.3) is 0 Å². The van der Waals surface area contributed by atoms with E-state index in [2.05, 4.69) is 21.2 Å². The molecule has 0 bridgehead atoms. The van der Waals surface area contributed by atoms with Gasteiger partial charge < -0.3 is 15.0 Å². The van der Waals surface area contributed by atoms with Gasteiger partial charge in [-0.2, -0.15) is 0 Å². The monoisotopic (exact) mass is 356 g/mol. The fourth-order valence-electron chi connectivity index (χ4n) is 1.59. The van der Waals surface area contributed by atoms with Crippen molar-refractivity contribution in [2.45, 2.75) is 32.9 Å². The fourth-order valence-corrected chi connectivity index (χ4v) is 2.04. The van der Waals surface area contributed by atoms with Crippen LogP contribution in [-0.2, 0) is 16.1 Å². The molecule has 0 spiro atoms. The average Bonchev–Trinajstić information content (AvgIpc) is 2.33. The average molecular weight is 357 g/mol. The lowest BCUT2D eigenvalue weighted by Gasteiger charge is -2.21. The minimum atomic E-state index is -0.591. The Balaban J connectivity index is 2.43. The number of carbonyl (C=O) groups excluding carboxylic acids is 2. The van der Waals surface area contributed by atoms with Crippen molar-refractivity contribution in [1.82, 2.24) is 10.2 Å². The van der Waals surface area contributed by atoms with Crippen LogP contribution in [0.3, 0.4) is 0 Å². The second-order valence-electron chi connectivity index (χ2n) is 5.74. The van der Waals surface area contributed by atoms with E-state index in [4.69, 9.17) is 4.74 Å². The number of benzene rings is 1. The first-order chi connectivity index (χ1) is 9.67. The molecule has 0 saturated heterocycles. The van der Waals surface area contributed by atoms with Crippen LogP contribution in [0.1, 0.15) is 26.3 Å². The molecule has 1 aromatic rings. The van der Waals surface area contributed by atoms with Crippen LogP contribution < -0.4 is 5.32 Å². The number of likely N-dealkylation sites (N-methyl/N-ethyl adjacent to an activating group) is 1. The maximum absolute atomic E-state index is 11.9. The largest absolute Gasteiger partial charge is 0.444 e. The van der Waals surface area contributed by atoms with Crippen molar-refractivity contribution in [3.05, 3.63) is 34.3 Å². The van der Waals surface area contributed by atoms with Crippen molar-refractivity contribution in [3.8, 4) is 0 Å². The number of rotatable bonds is 4. The van der Waals surface area contributed by atoms with E-state index < -0.39 is 11.7 Å². The van der Waals surface area contributed by atoms with E-state index in [-0.39, 0.29) is 12.5 Å². The predicted octanol–water partition coefficient (Wildman–Crippen LogP) is 2.93. The molecule has 21 heavy (non-hydrogen) atoms. The number of amides is 2. The van der Waals surface area contributed by atoms with Gasteiger partial charge in [-0.05, 0) is 38.5 Å². The van der Waals surface area contributed by atoms with Crippen molar-refractivity contribution in [3.63, 3.8) is 0 Å². The topological polar surface area (TPSA) is 58.6 Å². The van der Waals surface area contributed by atoms with Gasteiger partial charge in [0.25, 0.3) is 0 Å². The molecule has 0 saturated carbocycles. The molecule has 116 valence electrons. The summed E-state index contributed by atoms with van der Waals surface area (Å²) in [6.45, 7) is 5.71. The van der Waals surface area contributed by atoms with Crippen molar-refractivity contribution >= 4 is 27.9 Å². The van der Waals surface area contributed by atoms with Crippen LogP contribution >= 0.6 is 15.9 Å². The Morgan fingerprint density at radius 2 is 2.00 bits per heavy atom. The van der Waals surface area contributed by atoms with Crippen LogP contribution in [0.15, 0.2) is 28.7 Å². The van der Waals surface area contributed by atoms with E-state index in [0.717, 1.165) is 10.0 Å². The summed E-state index contributed by atoms with van der Waals surface area (Å²) in [5.74, 6) is -0.180. The highest BCUT2D eigenvalue weighted by molar-refractivity contribution is 9.10. The molecule has 0 heterocycles. The maximum Gasteiger partial charge on any atom is 0.408 e. The second kappa shape index (κ2) is 7.45. The highest BCUT2D eigenvalue weighted by atomic mass is 79.9. The molecule has 0 aliphatic carbocycles. The number of carbonyl (C=O) groups is 2. The quantitative estimate of drug-likeness (QED) is 0.902. The van der Waals surface area contributed by atoms with Crippen LogP contribution in [-0.4, -0.2) is 36.1 Å². The minimum absolute atomic E-state index is 0.0839. The summed E-state index contributed by atoms with van der Waals surface area (Å²) in [6, 6.07) is 7.73. The minimum Gasteiger partial charge on any atom is -0.444 e. The molecule has 0 unspecified atom stereocenters. The molecule has 0 aliphatic heterocycles. The Morgan fingerprint density at radius 1 is 1.33 bits per heavy atom. The molecule has 1 rings (SSSR count). The second-order valence-corrected chi connectivity index (χ2v) is 6.65. The molecule has 0 atom stereocenters. The van der Waals surface area contributed by atoms with Crippen LogP contribution in [0.2, 0.25) is 0 Å². The standard InChI is InChI=1S/C15H21BrN2O3/c1-15(2,3)21-14(20)17-9-13(19)18(4)10-11-6-5-7-12(16)8-11/h5-8H,9-10H2,1-4H3,(H,17,20). The van der Waals surface area contributed by atoms with Gasteiger partial charge in [0, 0.05) is 18.1 Å². The van der Waals surface area contributed by atoms with Gasteiger partial charge in [-0.3, -0.25) is 4.79 Å². The molecule has 1 aromatic carbocycles. The van der Waals surface area contributed by atoms with Gasteiger partial charge >= 0.3 is 6.09 Å². The van der Waals surface area contributed by atoms with E-state index in [0.29, 0.717) is 6.54 Å². The molecule has 2 amide bonds. The van der Waals surface area contributed by atoms with Crippen LogP contribution in [0.5, 0.6) is 0 Å². The molecular weight excluding hydrogens is 336 g/mol. The predicted molar refractivity (Wildman–Crippen MR) is 84.9 cm³/mol. The van der Waals surface area contributed by atoms with E-state index in [1.807, 2.05) is 24.3 Å². The van der Waals surface area contributed by atoms with Crippen molar-refractivity contribution < 1.29 is 14.3 Å². The molecule has 0 fully saturated rings. The normalized spacial score (nSPS) is 10.9. The van der Waals surface area contributed by atoms with Gasteiger partial charge in [-0.15, -0.1) is 0 Å². The summed E-state index contributed by atoms with van der Waals surface area (Å²) in [4.78, 5) is 25.0. The number of hydrogen-bond donors (Lipinski definition) is 1. The van der Waals surface area contributed by atoms with Gasteiger partial charge in [0.15, 0.2) is 0 Å². The lowest BCUT2D eigenvalue weighted by Crippen LogP contribution is -2.40. The van der Waals surface area contributed by atoms with Crippen molar-refractivity contribution in [1.29, 1.82) is 0 Å². The number of ether oxygens (including phenoxy) is 1. The summed E-state index contributed by atoms with van der Waals surface area (Å²) in [5.41, 5.74) is 0.438. The van der Waals surface area contributed by atoms with Crippen molar-refractivity contribution in [2.24, 2.45) is 0 Å². The molecule has 0 aliphatic rings. The molecule has 0 radical (unpaired) electrons.